The number of fused-ring (bicyclic) bond motifs is 2. The number of phenolic OH excluding ortho intramolecular Hbond substituents is 1. The first kappa shape index (κ1) is 21.9. The molecule has 4 rings (SSSR count). The van der Waals surface area contributed by atoms with Gasteiger partial charge in [0, 0.05) is 42.6 Å². The Bertz CT molecular complexity index is 1030. The van der Waals surface area contributed by atoms with Crippen LogP contribution in [0.25, 0.3) is 11.0 Å². The highest BCUT2D eigenvalue weighted by molar-refractivity contribution is 5.85. The number of carbonyl (C=O) groups excluding carboxylic acids is 1. The zero-order valence-corrected chi connectivity index (χ0v) is 18.9. The van der Waals surface area contributed by atoms with Crippen LogP contribution >= 0.6 is 0 Å². The molecule has 31 heavy (non-hydrogen) atoms. The molecule has 2 aliphatic rings. The number of rotatable bonds is 5. The molecule has 3 heterocycles. The topological polar surface area (TPSA) is 74.0 Å². The number of benzene rings is 1. The first-order valence-corrected chi connectivity index (χ1v) is 11.6. The molecule has 6 nitrogen and oxygen atoms in total. The van der Waals surface area contributed by atoms with E-state index < -0.39 is 5.63 Å². The number of nitrogens with zero attached hydrogens (tertiary/aromatic N) is 2. The van der Waals surface area contributed by atoms with Crippen LogP contribution in [-0.2, 0) is 11.2 Å². The Morgan fingerprint density at radius 3 is 2.74 bits per heavy atom. The van der Waals surface area contributed by atoms with Crippen molar-refractivity contribution in [3.8, 4) is 5.75 Å². The maximum absolute atomic E-state index is 12.9. The number of aromatic hydroxyl groups is 1. The third-order valence-electron chi connectivity index (χ3n) is 7.43. The van der Waals surface area contributed by atoms with Gasteiger partial charge in [0.05, 0.1) is 0 Å². The molecule has 0 spiro atoms. The fraction of sp³-hybridized carbons (Fsp3) is 0.600. The van der Waals surface area contributed by atoms with Crippen molar-refractivity contribution in [1.82, 2.24) is 9.80 Å². The van der Waals surface area contributed by atoms with Gasteiger partial charge in [0.15, 0.2) is 0 Å². The minimum Gasteiger partial charge on any atom is -0.508 e. The van der Waals surface area contributed by atoms with Crippen molar-refractivity contribution < 1.29 is 14.3 Å². The van der Waals surface area contributed by atoms with Gasteiger partial charge in [0.1, 0.15) is 11.3 Å². The van der Waals surface area contributed by atoms with Gasteiger partial charge < -0.3 is 19.3 Å². The van der Waals surface area contributed by atoms with E-state index in [1.54, 1.807) is 19.1 Å². The summed E-state index contributed by atoms with van der Waals surface area (Å²) < 4.78 is 5.51. The van der Waals surface area contributed by atoms with E-state index in [4.69, 9.17) is 4.42 Å². The molecule has 0 aliphatic carbocycles. The van der Waals surface area contributed by atoms with Crippen molar-refractivity contribution in [2.75, 3.05) is 26.7 Å². The SMILES string of the molecule is Cc1c(CCC(=O)N(C)C[C@@H]2CCCN3CCCC[C@@H]23)c(=O)oc2c(C)c(O)ccc12. The van der Waals surface area contributed by atoms with Crippen LogP contribution < -0.4 is 5.63 Å². The fourth-order valence-corrected chi connectivity index (χ4v) is 5.53. The van der Waals surface area contributed by atoms with Crippen LogP contribution in [0.5, 0.6) is 5.75 Å². The average molecular weight is 427 g/mol. The summed E-state index contributed by atoms with van der Waals surface area (Å²) in [5.41, 5.74) is 1.94. The highest BCUT2D eigenvalue weighted by Crippen LogP contribution is 2.32. The molecule has 2 fully saturated rings. The van der Waals surface area contributed by atoms with Crippen LogP contribution in [0, 0.1) is 19.8 Å². The minimum absolute atomic E-state index is 0.0775. The molecule has 0 radical (unpaired) electrons. The van der Waals surface area contributed by atoms with Crippen molar-refractivity contribution >= 4 is 16.9 Å². The van der Waals surface area contributed by atoms with Crippen molar-refractivity contribution in [2.24, 2.45) is 5.92 Å². The van der Waals surface area contributed by atoms with Gasteiger partial charge in [-0.25, -0.2) is 4.79 Å². The van der Waals surface area contributed by atoms with Crippen LogP contribution in [-0.4, -0.2) is 53.5 Å². The lowest BCUT2D eigenvalue weighted by molar-refractivity contribution is -0.131. The summed E-state index contributed by atoms with van der Waals surface area (Å²) in [6.07, 6.45) is 6.92. The minimum atomic E-state index is -0.417. The molecular weight excluding hydrogens is 392 g/mol. The summed E-state index contributed by atoms with van der Waals surface area (Å²) in [7, 11) is 1.89. The zero-order chi connectivity index (χ0) is 22.1. The summed E-state index contributed by atoms with van der Waals surface area (Å²) in [6, 6.07) is 4.01. The van der Waals surface area contributed by atoms with Crippen LogP contribution in [0.4, 0.5) is 0 Å². The van der Waals surface area contributed by atoms with Gasteiger partial charge in [-0.3, -0.25) is 4.79 Å². The van der Waals surface area contributed by atoms with Gasteiger partial charge in [0.25, 0.3) is 0 Å². The molecule has 1 N–H and O–H groups in total. The highest BCUT2D eigenvalue weighted by Gasteiger charge is 2.34. The van der Waals surface area contributed by atoms with E-state index >= 15 is 0 Å². The summed E-state index contributed by atoms with van der Waals surface area (Å²) >= 11 is 0. The number of amides is 1. The third kappa shape index (κ3) is 4.36. The number of phenols is 1. The maximum atomic E-state index is 12.9. The molecule has 168 valence electrons. The molecule has 0 saturated carbocycles. The van der Waals surface area contributed by atoms with E-state index in [1.165, 1.54) is 45.2 Å². The Balaban J connectivity index is 1.43. The third-order valence-corrected chi connectivity index (χ3v) is 7.43. The highest BCUT2D eigenvalue weighted by atomic mass is 16.4. The molecule has 1 amide bonds. The summed E-state index contributed by atoms with van der Waals surface area (Å²) in [6.45, 7) is 6.82. The zero-order valence-electron chi connectivity index (χ0n) is 18.9. The molecule has 2 aromatic rings. The van der Waals surface area contributed by atoms with E-state index in [0.717, 1.165) is 17.5 Å². The van der Waals surface area contributed by atoms with E-state index in [-0.39, 0.29) is 11.7 Å². The first-order chi connectivity index (χ1) is 14.9. The van der Waals surface area contributed by atoms with Crippen molar-refractivity contribution in [3.63, 3.8) is 0 Å². The Kier molecular flexibility index (Phi) is 6.37. The quantitative estimate of drug-likeness (QED) is 0.737. The van der Waals surface area contributed by atoms with Gasteiger partial charge in [-0.1, -0.05) is 6.42 Å². The lowest BCUT2D eigenvalue weighted by atomic mass is 9.83. The summed E-state index contributed by atoms with van der Waals surface area (Å²) in [5.74, 6) is 0.735. The second-order valence-corrected chi connectivity index (χ2v) is 9.36. The second-order valence-electron chi connectivity index (χ2n) is 9.36. The predicted octanol–water partition coefficient (Wildman–Crippen LogP) is 3.77. The van der Waals surface area contributed by atoms with Crippen LogP contribution in [0.3, 0.4) is 0 Å². The van der Waals surface area contributed by atoms with Gasteiger partial charge in [-0.15, -0.1) is 0 Å². The Morgan fingerprint density at radius 1 is 1.16 bits per heavy atom. The van der Waals surface area contributed by atoms with Gasteiger partial charge >= 0.3 is 5.63 Å². The number of aryl methyl sites for hydroxylation is 2. The molecule has 2 aliphatic heterocycles. The molecule has 6 heteroatoms. The lowest BCUT2D eigenvalue weighted by Gasteiger charge is -2.45. The van der Waals surface area contributed by atoms with Gasteiger partial charge in [-0.05, 0) is 82.7 Å². The normalized spacial score (nSPS) is 21.8. The predicted molar refractivity (Wildman–Crippen MR) is 122 cm³/mol. The smallest absolute Gasteiger partial charge is 0.339 e. The Labute approximate surface area is 183 Å². The number of piperidine rings is 2. The number of hydrogen-bond acceptors (Lipinski definition) is 5. The van der Waals surface area contributed by atoms with Crippen molar-refractivity contribution in [2.45, 2.75) is 64.8 Å². The number of carbonyl (C=O) groups is 1. The standard InChI is InChI=1S/C25H34N2O4/c1-16-19-9-11-22(28)17(2)24(19)31-25(30)20(16)10-12-23(29)26(3)15-18-7-6-14-27-13-5-4-8-21(18)27/h9,11,18,21,28H,4-8,10,12-15H2,1-3H3/t18-,21-/m0/s1. The Hall–Kier alpha value is -2.34. The monoisotopic (exact) mass is 426 g/mol. The summed E-state index contributed by atoms with van der Waals surface area (Å²) in [5, 5.41) is 10.7. The van der Waals surface area contributed by atoms with Crippen molar-refractivity contribution in [1.29, 1.82) is 0 Å². The first-order valence-electron chi connectivity index (χ1n) is 11.6. The van der Waals surface area contributed by atoms with Crippen LogP contribution in [0.15, 0.2) is 21.3 Å². The van der Waals surface area contributed by atoms with E-state index in [0.29, 0.717) is 41.5 Å². The molecule has 2 atom stereocenters. The fourth-order valence-electron chi connectivity index (χ4n) is 5.53. The lowest BCUT2D eigenvalue weighted by Crippen LogP contribution is -2.51. The molecule has 2 saturated heterocycles. The van der Waals surface area contributed by atoms with Crippen LogP contribution in [0.1, 0.15) is 55.2 Å². The largest absolute Gasteiger partial charge is 0.508 e. The van der Waals surface area contributed by atoms with Crippen LogP contribution in [0.2, 0.25) is 0 Å². The summed E-state index contributed by atoms with van der Waals surface area (Å²) in [4.78, 5) is 30.0. The Morgan fingerprint density at radius 2 is 1.94 bits per heavy atom. The molecule has 0 unspecified atom stereocenters. The molecule has 0 bridgehead atoms. The average Bonchev–Trinajstić information content (AvgIpc) is 2.76. The van der Waals surface area contributed by atoms with E-state index in [2.05, 4.69) is 4.90 Å². The van der Waals surface area contributed by atoms with E-state index in [1.807, 2.05) is 18.9 Å². The second kappa shape index (κ2) is 9.03. The molecular formula is C25H34N2O4. The van der Waals surface area contributed by atoms with E-state index in [9.17, 15) is 14.7 Å². The number of hydrogen-bond donors (Lipinski definition) is 1. The van der Waals surface area contributed by atoms with Crippen molar-refractivity contribution in [3.05, 3.63) is 39.2 Å². The molecule has 1 aromatic heterocycles. The van der Waals surface area contributed by atoms with Gasteiger partial charge in [-0.2, -0.15) is 0 Å². The molecule has 1 aromatic carbocycles. The van der Waals surface area contributed by atoms with Gasteiger partial charge in [0.2, 0.25) is 5.91 Å². The maximum Gasteiger partial charge on any atom is 0.339 e.